The molecule has 0 aromatic carbocycles. The van der Waals surface area contributed by atoms with Gasteiger partial charge in [-0.1, -0.05) is 12.8 Å². The Balaban J connectivity index is 1.70. The first-order chi connectivity index (χ1) is 6.72. The van der Waals surface area contributed by atoms with E-state index in [0.29, 0.717) is 0 Å². The largest absolute Gasteiger partial charge is 0.303 e. The van der Waals surface area contributed by atoms with E-state index in [4.69, 9.17) is 5.26 Å². The summed E-state index contributed by atoms with van der Waals surface area (Å²) in [6, 6.07) is 2.45. The van der Waals surface area contributed by atoms with Gasteiger partial charge < -0.3 is 4.90 Å². The van der Waals surface area contributed by atoms with Crippen LogP contribution in [0.15, 0.2) is 0 Å². The topological polar surface area (TPSA) is 27.0 Å². The summed E-state index contributed by atoms with van der Waals surface area (Å²) in [4.78, 5) is 2.54. The molecule has 2 aliphatic rings. The van der Waals surface area contributed by atoms with Gasteiger partial charge in [0.05, 0.1) is 11.5 Å². The molecule has 1 saturated carbocycles. The van der Waals surface area contributed by atoms with Crippen molar-refractivity contribution in [1.82, 2.24) is 4.90 Å². The highest BCUT2D eigenvalue weighted by molar-refractivity contribution is 4.98. The minimum atomic E-state index is -0.0317. The summed E-state index contributed by atoms with van der Waals surface area (Å²) in [6.45, 7) is 5.64. The van der Waals surface area contributed by atoms with Crippen LogP contribution in [0.3, 0.4) is 0 Å². The van der Waals surface area contributed by atoms with E-state index in [1.54, 1.807) is 0 Å². The lowest BCUT2D eigenvalue weighted by Gasteiger charge is -2.34. The van der Waals surface area contributed by atoms with Crippen molar-refractivity contribution in [2.75, 3.05) is 19.6 Å². The van der Waals surface area contributed by atoms with Gasteiger partial charge in [-0.15, -0.1) is 0 Å². The Morgan fingerprint density at radius 3 is 2.50 bits per heavy atom. The van der Waals surface area contributed by atoms with Gasteiger partial charge >= 0.3 is 0 Å². The standard InChI is InChI=1S/C12H20N2/c1-12(10-13)5-8-14(9-6-12)7-4-11-2-3-11/h11H,2-9H2,1H3. The molecule has 0 aromatic heterocycles. The average Bonchev–Trinajstić information content (AvgIpc) is 3.01. The molecule has 78 valence electrons. The Hall–Kier alpha value is -0.550. The number of rotatable bonds is 3. The van der Waals surface area contributed by atoms with Crippen molar-refractivity contribution in [1.29, 1.82) is 5.26 Å². The van der Waals surface area contributed by atoms with Crippen molar-refractivity contribution in [3.8, 4) is 6.07 Å². The van der Waals surface area contributed by atoms with Crippen LogP contribution in [0, 0.1) is 22.7 Å². The summed E-state index contributed by atoms with van der Waals surface area (Å²) in [6.07, 6.45) is 6.44. The van der Waals surface area contributed by atoms with Gasteiger partial charge in [0, 0.05) is 0 Å². The zero-order chi connectivity index (χ0) is 10.0. The number of nitriles is 1. The highest BCUT2D eigenvalue weighted by Crippen LogP contribution is 2.34. The molecule has 0 amide bonds. The van der Waals surface area contributed by atoms with Crippen molar-refractivity contribution >= 4 is 0 Å². The first kappa shape index (κ1) is 9.98. The van der Waals surface area contributed by atoms with Gasteiger partial charge in [-0.3, -0.25) is 0 Å². The molecule has 1 saturated heterocycles. The molecule has 2 nitrogen and oxygen atoms in total. The predicted molar refractivity (Wildman–Crippen MR) is 56.7 cm³/mol. The third-order valence-corrected chi connectivity index (χ3v) is 3.78. The molecule has 2 fully saturated rings. The van der Waals surface area contributed by atoms with Gasteiger partial charge in [-0.05, 0) is 51.7 Å². The van der Waals surface area contributed by atoms with E-state index >= 15 is 0 Å². The second kappa shape index (κ2) is 3.90. The number of nitrogens with zero attached hydrogens (tertiary/aromatic N) is 2. The number of hydrogen-bond donors (Lipinski definition) is 0. The fraction of sp³-hybridized carbons (Fsp3) is 0.917. The second-order valence-corrected chi connectivity index (χ2v) is 5.25. The monoisotopic (exact) mass is 192 g/mol. The van der Waals surface area contributed by atoms with Crippen LogP contribution in [0.5, 0.6) is 0 Å². The summed E-state index contributed by atoms with van der Waals surface area (Å²) in [7, 11) is 0. The van der Waals surface area contributed by atoms with Gasteiger partial charge in [0.25, 0.3) is 0 Å². The van der Waals surface area contributed by atoms with Gasteiger partial charge in [0.1, 0.15) is 0 Å². The molecule has 2 heteroatoms. The molecule has 0 radical (unpaired) electrons. The normalized spacial score (nSPS) is 27.1. The fourth-order valence-electron chi connectivity index (χ4n) is 2.15. The molecule has 0 spiro atoms. The van der Waals surface area contributed by atoms with Crippen LogP contribution in [0.2, 0.25) is 0 Å². The Bertz CT molecular complexity index is 229. The van der Waals surface area contributed by atoms with Crippen LogP contribution in [0.25, 0.3) is 0 Å². The minimum Gasteiger partial charge on any atom is -0.303 e. The Labute approximate surface area is 86.9 Å². The SMILES string of the molecule is CC1(C#N)CCN(CCC2CC2)CC1. The maximum Gasteiger partial charge on any atom is 0.0687 e. The summed E-state index contributed by atoms with van der Waals surface area (Å²) >= 11 is 0. The molecule has 0 N–H and O–H groups in total. The molecule has 0 bridgehead atoms. The van der Waals surface area contributed by atoms with E-state index in [1.807, 2.05) is 0 Å². The van der Waals surface area contributed by atoms with E-state index in [1.165, 1.54) is 25.8 Å². The van der Waals surface area contributed by atoms with E-state index in [0.717, 1.165) is 31.8 Å². The van der Waals surface area contributed by atoms with E-state index in [9.17, 15) is 0 Å². The maximum absolute atomic E-state index is 9.00. The lowest BCUT2D eigenvalue weighted by Crippen LogP contribution is -2.38. The van der Waals surface area contributed by atoms with Crippen molar-refractivity contribution in [2.45, 2.75) is 39.0 Å². The van der Waals surface area contributed by atoms with Crippen LogP contribution in [0.4, 0.5) is 0 Å². The minimum absolute atomic E-state index is 0.0317. The summed E-state index contributed by atoms with van der Waals surface area (Å²) < 4.78 is 0. The molecule has 0 unspecified atom stereocenters. The third kappa shape index (κ3) is 2.48. The molecular weight excluding hydrogens is 172 g/mol. The Morgan fingerprint density at radius 2 is 2.00 bits per heavy atom. The Kier molecular flexibility index (Phi) is 2.78. The predicted octanol–water partition coefficient (Wildman–Crippen LogP) is 2.41. The fourth-order valence-corrected chi connectivity index (χ4v) is 2.15. The van der Waals surface area contributed by atoms with Crippen LogP contribution in [0.1, 0.15) is 39.0 Å². The Morgan fingerprint density at radius 1 is 1.36 bits per heavy atom. The third-order valence-electron chi connectivity index (χ3n) is 3.78. The van der Waals surface area contributed by atoms with Crippen molar-refractivity contribution in [2.24, 2.45) is 11.3 Å². The summed E-state index contributed by atoms with van der Waals surface area (Å²) in [5.41, 5.74) is -0.0317. The van der Waals surface area contributed by atoms with Gasteiger partial charge in [-0.25, -0.2) is 0 Å². The number of likely N-dealkylation sites (tertiary alicyclic amines) is 1. The summed E-state index contributed by atoms with van der Waals surface area (Å²) in [5.74, 6) is 1.04. The molecule has 0 atom stereocenters. The molecule has 1 heterocycles. The first-order valence-corrected chi connectivity index (χ1v) is 5.85. The van der Waals surface area contributed by atoms with Crippen LogP contribution in [-0.4, -0.2) is 24.5 Å². The van der Waals surface area contributed by atoms with E-state index in [-0.39, 0.29) is 5.41 Å². The molecule has 2 rings (SSSR count). The van der Waals surface area contributed by atoms with Gasteiger partial charge in [0.2, 0.25) is 0 Å². The summed E-state index contributed by atoms with van der Waals surface area (Å²) in [5, 5.41) is 9.00. The lowest BCUT2D eigenvalue weighted by atomic mass is 9.82. The lowest BCUT2D eigenvalue weighted by molar-refractivity contribution is 0.153. The van der Waals surface area contributed by atoms with Gasteiger partial charge in [0.15, 0.2) is 0 Å². The highest BCUT2D eigenvalue weighted by atomic mass is 15.1. The average molecular weight is 192 g/mol. The zero-order valence-corrected chi connectivity index (χ0v) is 9.13. The quantitative estimate of drug-likeness (QED) is 0.686. The highest BCUT2D eigenvalue weighted by Gasteiger charge is 2.30. The van der Waals surface area contributed by atoms with Crippen LogP contribution in [-0.2, 0) is 0 Å². The van der Waals surface area contributed by atoms with E-state index < -0.39 is 0 Å². The molecule has 14 heavy (non-hydrogen) atoms. The number of piperidine rings is 1. The van der Waals surface area contributed by atoms with Crippen molar-refractivity contribution < 1.29 is 0 Å². The molecule has 1 aliphatic carbocycles. The maximum atomic E-state index is 9.00. The molecule has 0 aromatic rings. The molecule has 1 aliphatic heterocycles. The van der Waals surface area contributed by atoms with Gasteiger partial charge in [-0.2, -0.15) is 5.26 Å². The van der Waals surface area contributed by atoms with Crippen molar-refractivity contribution in [3.63, 3.8) is 0 Å². The van der Waals surface area contributed by atoms with Crippen LogP contribution >= 0.6 is 0 Å². The molecular formula is C12H20N2. The van der Waals surface area contributed by atoms with Crippen molar-refractivity contribution in [3.05, 3.63) is 0 Å². The van der Waals surface area contributed by atoms with E-state index in [2.05, 4.69) is 17.9 Å². The van der Waals surface area contributed by atoms with Crippen LogP contribution < -0.4 is 0 Å². The second-order valence-electron chi connectivity index (χ2n) is 5.25. The first-order valence-electron chi connectivity index (χ1n) is 5.85. The number of hydrogen-bond acceptors (Lipinski definition) is 2. The smallest absolute Gasteiger partial charge is 0.0687 e. The zero-order valence-electron chi connectivity index (χ0n) is 9.13.